The molecule has 2 aromatic carbocycles. The fraction of sp³-hybridized carbons (Fsp3) is 0. The van der Waals surface area contributed by atoms with Crippen LogP contribution in [0.1, 0.15) is 5.56 Å². The average Bonchev–Trinajstić information content (AvgIpc) is 2.48. The van der Waals surface area contributed by atoms with Crippen molar-refractivity contribution < 1.29 is 0 Å². The van der Waals surface area contributed by atoms with Gasteiger partial charge in [-0.05, 0) is 12.1 Å². The normalized spacial score (nSPS) is 10.3. The molecule has 0 saturated carbocycles. The molecular weight excluding hydrogens is 258 g/mol. The summed E-state index contributed by atoms with van der Waals surface area (Å²) in [4.78, 5) is 0. The van der Waals surface area contributed by atoms with Crippen molar-refractivity contribution in [1.82, 2.24) is 10.2 Å². The molecule has 0 aliphatic carbocycles. The summed E-state index contributed by atoms with van der Waals surface area (Å²) in [6.45, 7) is 0. The Morgan fingerprint density at radius 2 is 1.74 bits per heavy atom. The summed E-state index contributed by atoms with van der Waals surface area (Å²) in [7, 11) is 0. The van der Waals surface area contributed by atoms with Gasteiger partial charge in [-0.2, -0.15) is 5.26 Å². The van der Waals surface area contributed by atoms with Gasteiger partial charge in [0.25, 0.3) is 0 Å². The van der Waals surface area contributed by atoms with Crippen LogP contribution >= 0.6 is 11.6 Å². The summed E-state index contributed by atoms with van der Waals surface area (Å²) in [5.74, 6) is 0. The standard InChI is InChI=1S/C15H8ClN3/c16-15-13-7-2-1-6-12(13)14(18-19-15)11-5-3-4-10(8-11)9-17/h1-8H. The van der Waals surface area contributed by atoms with E-state index in [0.717, 1.165) is 22.0 Å². The SMILES string of the molecule is N#Cc1cccc(-c2nnc(Cl)c3ccccc23)c1. The summed E-state index contributed by atoms with van der Waals surface area (Å²) in [6.07, 6.45) is 0. The second-order valence-corrected chi connectivity index (χ2v) is 4.44. The van der Waals surface area contributed by atoms with E-state index in [1.54, 1.807) is 12.1 Å². The Labute approximate surface area is 115 Å². The van der Waals surface area contributed by atoms with Crippen LogP contribution in [0.3, 0.4) is 0 Å². The van der Waals surface area contributed by atoms with Crippen LogP contribution in [0.2, 0.25) is 5.15 Å². The van der Waals surface area contributed by atoms with Crippen molar-refractivity contribution in [2.24, 2.45) is 0 Å². The molecule has 0 aliphatic heterocycles. The molecule has 3 rings (SSSR count). The number of fused-ring (bicyclic) bond motifs is 1. The molecule has 90 valence electrons. The molecule has 0 bridgehead atoms. The van der Waals surface area contributed by atoms with Crippen LogP contribution in [0.15, 0.2) is 48.5 Å². The van der Waals surface area contributed by atoms with Gasteiger partial charge in [0.05, 0.1) is 11.6 Å². The van der Waals surface area contributed by atoms with E-state index in [1.165, 1.54) is 0 Å². The molecule has 0 amide bonds. The number of benzene rings is 2. The lowest BCUT2D eigenvalue weighted by Gasteiger charge is -2.06. The second kappa shape index (κ2) is 4.68. The summed E-state index contributed by atoms with van der Waals surface area (Å²) >= 11 is 6.05. The van der Waals surface area contributed by atoms with Crippen LogP contribution in [-0.2, 0) is 0 Å². The van der Waals surface area contributed by atoms with E-state index >= 15 is 0 Å². The van der Waals surface area contributed by atoms with Crippen LogP contribution < -0.4 is 0 Å². The van der Waals surface area contributed by atoms with Crippen molar-refractivity contribution in [2.45, 2.75) is 0 Å². The fourth-order valence-electron chi connectivity index (χ4n) is 2.02. The molecule has 3 nitrogen and oxygen atoms in total. The third-order valence-corrected chi connectivity index (χ3v) is 3.19. The molecule has 0 saturated heterocycles. The Balaban J connectivity index is 2.31. The van der Waals surface area contributed by atoms with Crippen LogP contribution in [0.5, 0.6) is 0 Å². The lowest BCUT2D eigenvalue weighted by atomic mass is 10.0. The van der Waals surface area contributed by atoms with E-state index in [1.807, 2.05) is 36.4 Å². The summed E-state index contributed by atoms with van der Waals surface area (Å²) in [6, 6.07) is 17.1. The first-order chi connectivity index (χ1) is 9.29. The number of hydrogen-bond acceptors (Lipinski definition) is 3. The van der Waals surface area contributed by atoms with Gasteiger partial charge in [-0.15, -0.1) is 10.2 Å². The maximum Gasteiger partial charge on any atom is 0.159 e. The van der Waals surface area contributed by atoms with E-state index < -0.39 is 0 Å². The quantitative estimate of drug-likeness (QED) is 0.672. The lowest BCUT2D eigenvalue weighted by Crippen LogP contribution is -1.91. The maximum absolute atomic E-state index is 8.96. The molecule has 0 atom stereocenters. The Kier molecular flexibility index (Phi) is 2.86. The Bertz CT molecular complexity index is 806. The Morgan fingerprint density at radius 3 is 2.53 bits per heavy atom. The zero-order chi connectivity index (χ0) is 13.2. The first kappa shape index (κ1) is 11.6. The summed E-state index contributed by atoms with van der Waals surface area (Å²) in [5.41, 5.74) is 2.19. The van der Waals surface area contributed by atoms with Crippen LogP contribution in [-0.4, -0.2) is 10.2 Å². The molecule has 1 heterocycles. The lowest BCUT2D eigenvalue weighted by molar-refractivity contribution is 1.06. The largest absolute Gasteiger partial charge is 0.192 e. The van der Waals surface area contributed by atoms with Crippen LogP contribution in [0, 0.1) is 11.3 Å². The van der Waals surface area contributed by atoms with Gasteiger partial charge in [0.15, 0.2) is 5.15 Å². The smallest absolute Gasteiger partial charge is 0.159 e. The van der Waals surface area contributed by atoms with Gasteiger partial charge in [0.2, 0.25) is 0 Å². The highest BCUT2D eigenvalue weighted by molar-refractivity contribution is 6.34. The van der Waals surface area contributed by atoms with E-state index in [4.69, 9.17) is 16.9 Å². The molecule has 0 fully saturated rings. The molecule has 1 aromatic heterocycles. The number of nitriles is 1. The predicted octanol–water partition coefficient (Wildman–Crippen LogP) is 3.82. The Hall–Kier alpha value is -2.44. The van der Waals surface area contributed by atoms with Crippen molar-refractivity contribution >= 4 is 22.4 Å². The minimum Gasteiger partial charge on any atom is -0.192 e. The van der Waals surface area contributed by atoms with Gasteiger partial charge in [0.1, 0.15) is 5.69 Å². The molecule has 3 aromatic rings. The van der Waals surface area contributed by atoms with Crippen molar-refractivity contribution in [3.63, 3.8) is 0 Å². The van der Waals surface area contributed by atoms with Gasteiger partial charge in [-0.1, -0.05) is 48.0 Å². The third-order valence-electron chi connectivity index (χ3n) is 2.91. The highest BCUT2D eigenvalue weighted by atomic mass is 35.5. The van der Waals surface area contributed by atoms with Gasteiger partial charge in [0, 0.05) is 16.3 Å². The first-order valence-corrected chi connectivity index (χ1v) is 6.09. The summed E-state index contributed by atoms with van der Waals surface area (Å²) < 4.78 is 0. The molecule has 19 heavy (non-hydrogen) atoms. The first-order valence-electron chi connectivity index (χ1n) is 5.71. The molecule has 0 unspecified atom stereocenters. The maximum atomic E-state index is 8.96. The molecule has 0 spiro atoms. The molecule has 0 radical (unpaired) electrons. The minimum atomic E-state index is 0.385. The number of halogens is 1. The van der Waals surface area contributed by atoms with Crippen molar-refractivity contribution in [3.05, 3.63) is 59.2 Å². The van der Waals surface area contributed by atoms with Crippen molar-refractivity contribution in [3.8, 4) is 17.3 Å². The van der Waals surface area contributed by atoms with E-state index in [0.29, 0.717) is 10.7 Å². The van der Waals surface area contributed by atoms with E-state index in [2.05, 4.69) is 16.3 Å². The topological polar surface area (TPSA) is 49.6 Å². The highest BCUT2D eigenvalue weighted by Gasteiger charge is 2.09. The number of aromatic nitrogens is 2. The van der Waals surface area contributed by atoms with Crippen molar-refractivity contribution in [1.29, 1.82) is 5.26 Å². The molecule has 4 heteroatoms. The monoisotopic (exact) mass is 265 g/mol. The van der Waals surface area contributed by atoms with E-state index in [-0.39, 0.29) is 0 Å². The average molecular weight is 266 g/mol. The molecule has 0 aliphatic rings. The number of rotatable bonds is 1. The van der Waals surface area contributed by atoms with Gasteiger partial charge in [-0.3, -0.25) is 0 Å². The highest BCUT2D eigenvalue weighted by Crippen LogP contribution is 2.29. The fourth-order valence-corrected chi connectivity index (χ4v) is 2.22. The Morgan fingerprint density at radius 1 is 0.947 bits per heavy atom. The van der Waals surface area contributed by atoms with Gasteiger partial charge < -0.3 is 0 Å². The summed E-state index contributed by atoms with van der Waals surface area (Å²) in [5, 5.41) is 19.3. The minimum absolute atomic E-state index is 0.385. The number of hydrogen-bond donors (Lipinski definition) is 0. The third kappa shape index (κ3) is 2.03. The molecule has 0 N–H and O–H groups in total. The van der Waals surface area contributed by atoms with Crippen LogP contribution in [0.4, 0.5) is 0 Å². The van der Waals surface area contributed by atoms with Gasteiger partial charge in [-0.25, -0.2) is 0 Å². The van der Waals surface area contributed by atoms with E-state index in [9.17, 15) is 0 Å². The zero-order valence-corrected chi connectivity index (χ0v) is 10.6. The van der Waals surface area contributed by atoms with Crippen molar-refractivity contribution in [2.75, 3.05) is 0 Å². The molecular formula is C15H8ClN3. The number of nitrogens with zero attached hydrogens (tertiary/aromatic N) is 3. The zero-order valence-electron chi connectivity index (χ0n) is 9.84. The van der Waals surface area contributed by atoms with Crippen LogP contribution in [0.25, 0.3) is 22.0 Å². The second-order valence-electron chi connectivity index (χ2n) is 4.08. The predicted molar refractivity (Wildman–Crippen MR) is 74.7 cm³/mol. The van der Waals surface area contributed by atoms with Gasteiger partial charge >= 0.3 is 0 Å².